The third-order valence-electron chi connectivity index (χ3n) is 8.04. The zero-order valence-electron chi connectivity index (χ0n) is 23.7. The maximum Gasteiger partial charge on any atom is 0.248 e. The molecule has 2 amide bonds. The fraction of sp³-hybridized carbons (Fsp3) is 0.567. The van der Waals surface area contributed by atoms with Crippen LogP contribution in [0.25, 0.3) is 0 Å². The van der Waals surface area contributed by atoms with Gasteiger partial charge >= 0.3 is 0 Å². The van der Waals surface area contributed by atoms with Crippen LogP contribution in [0, 0.1) is 5.82 Å². The molecule has 2 fully saturated rings. The van der Waals surface area contributed by atoms with Crippen LogP contribution in [0.3, 0.4) is 0 Å². The van der Waals surface area contributed by atoms with Crippen LogP contribution in [0.1, 0.15) is 51.4 Å². The van der Waals surface area contributed by atoms with Crippen LogP contribution in [0.2, 0.25) is 0 Å². The molecule has 3 aliphatic rings. The van der Waals surface area contributed by atoms with E-state index in [9.17, 15) is 14.0 Å². The van der Waals surface area contributed by atoms with E-state index in [0.717, 1.165) is 29.1 Å². The predicted molar refractivity (Wildman–Crippen MR) is 148 cm³/mol. The summed E-state index contributed by atoms with van der Waals surface area (Å²) >= 11 is 0. The second-order valence-electron chi connectivity index (χ2n) is 12.6. The summed E-state index contributed by atoms with van der Waals surface area (Å²) in [5, 5.41) is 3.52. The summed E-state index contributed by atoms with van der Waals surface area (Å²) in [7, 11) is 0. The minimum absolute atomic E-state index is 0.00537. The van der Waals surface area contributed by atoms with E-state index >= 15 is 0 Å². The molecule has 1 aromatic heterocycles. The molecule has 0 saturated carbocycles. The number of halogens is 1. The van der Waals surface area contributed by atoms with Crippen molar-refractivity contribution in [1.82, 2.24) is 20.1 Å². The van der Waals surface area contributed by atoms with Crippen LogP contribution in [0.5, 0.6) is 0 Å². The Bertz CT molecular complexity index is 1230. The Hall–Kier alpha value is -2.88. The molecule has 2 atom stereocenters. The number of carbonyl (C=O) groups excluding carboxylic acids is 2. The summed E-state index contributed by atoms with van der Waals surface area (Å²) in [5.74, 6) is -0.226. The van der Waals surface area contributed by atoms with Gasteiger partial charge in [-0.25, -0.2) is 4.39 Å². The molecule has 3 aliphatic heterocycles. The van der Waals surface area contributed by atoms with Crippen LogP contribution in [0.15, 0.2) is 36.5 Å². The van der Waals surface area contributed by atoms with Gasteiger partial charge in [-0.15, -0.1) is 0 Å². The monoisotopic (exact) mass is 537 g/mol. The molecule has 0 aliphatic carbocycles. The molecule has 1 N–H and O–H groups in total. The van der Waals surface area contributed by atoms with Crippen molar-refractivity contribution in [2.75, 3.05) is 50.8 Å². The largest absolute Gasteiger partial charge is 0.364 e. The third-order valence-corrected chi connectivity index (χ3v) is 8.04. The Morgan fingerprint density at radius 1 is 1.15 bits per heavy atom. The van der Waals surface area contributed by atoms with E-state index in [1.165, 1.54) is 12.1 Å². The number of benzene rings is 1. The molecule has 1 aromatic carbocycles. The van der Waals surface area contributed by atoms with Crippen molar-refractivity contribution in [1.29, 1.82) is 0 Å². The summed E-state index contributed by atoms with van der Waals surface area (Å²) in [5.41, 5.74) is 3.11. The standard InChI is InChI=1S/C30H40FN5O3/c1-20-14-34(24(13-32-20)15-35-19-30(4,5)39-17-27(35)38)16-26(37)36-18-29(2,3)28-25(36)11-22(12-33-28)10-21-6-8-23(31)9-7-21/h6-9,11-12,20,24,32H,10,13-19H2,1-5H3/t20-,24-/m1/s1. The van der Waals surface area contributed by atoms with Gasteiger partial charge in [-0.2, -0.15) is 0 Å². The number of hydrogen-bond donors (Lipinski definition) is 1. The van der Waals surface area contributed by atoms with Crippen molar-refractivity contribution in [2.45, 2.75) is 64.1 Å². The Kier molecular flexibility index (Phi) is 7.52. The average Bonchev–Trinajstić information content (AvgIpc) is 3.14. The number of ether oxygens (including phenoxy) is 1. The fourth-order valence-corrected chi connectivity index (χ4v) is 5.96. The molecule has 2 saturated heterocycles. The smallest absolute Gasteiger partial charge is 0.248 e. The Balaban J connectivity index is 1.33. The lowest BCUT2D eigenvalue weighted by Crippen LogP contribution is -2.63. The van der Waals surface area contributed by atoms with Crippen LogP contribution < -0.4 is 10.2 Å². The normalized spacial score (nSPS) is 24.6. The Labute approximate surface area is 230 Å². The van der Waals surface area contributed by atoms with Gasteiger partial charge < -0.3 is 19.9 Å². The molecule has 210 valence electrons. The first-order chi connectivity index (χ1) is 18.4. The predicted octanol–water partition coefficient (Wildman–Crippen LogP) is 2.74. The molecular formula is C30H40FN5O3. The molecular weight excluding hydrogens is 497 g/mol. The zero-order valence-corrected chi connectivity index (χ0v) is 23.7. The van der Waals surface area contributed by atoms with E-state index in [1.807, 2.05) is 29.8 Å². The molecule has 39 heavy (non-hydrogen) atoms. The van der Waals surface area contributed by atoms with Crippen molar-refractivity contribution in [3.63, 3.8) is 0 Å². The van der Waals surface area contributed by atoms with Gasteiger partial charge in [-0.3, -0.25) is 19.5 Å². The summed E-state index contributed by atoms with van der Waals surface area (Å²) in [4.78, 5) is 37.2. The van der Waals surface area contributed by atoms with Gasteiger partial charge in [-0.05, 0) is 56.5 Å². The van der Waals surface area contributed by atoms with E-state index < -0.39 is 0 Å². The van der Waals surface area contributed by atoms with Crippen molar-refractivity contribution in [3.05, 3.63) is 59.2 Å². The molecule has 9 heteroatoms. The number of piperazine rings is 1. The van der Waals surface area contributed by atoms with Crippen LogP contribution in [-0.4, -0.2) is 90.2 Å². The number of aromatic nitrogens is 1. The lowest BCUT2D eigenvalue weighted by Gasteiger charge is -2.44. The Morgan fingerprint density at radius 2 is 1.90 bits per heavy atom. The molecule has 5 rings (SSSR count). The maximum absolute atomic E-state index is 13.9. The summed E-state index contributed by atoms with van der Waals surface area (Å²) in [6.45, 7) is 13.8. The van der Waals surface area contributed by atoms with Gasteiger partial charge in [0.25, 0.3) is 0 Å². The number of amides is 2. The lowest BCUT2D eigenvalue weighted by molar-refractivity contribution is -0.160. The maximum atomic E-state index is 13.9. The van der Waals surface area contributed by atoms with Gasteiger partial charge in [0.05, 0.1) is 23.5 Å². The fourth-order valence-electron chi connectivity index (χ4n) is 5.96. The highest BCUT2D eigenvalue weighted by Gasteiger charge is 2.41. The SMILES string of the molecule is C[C@@H]1CN(CC(=O)N2CC(C)(C)c3ncc(Cc4ccc(F)cc4)cc32)[C@@H](CN2CC(C)(C)OCC2=O)CN1. The first kappa shape index (κ1) is 27.7. The average molecular weight is 538 g/mol. The number of hydrogen-bond acceptors (Lipinski definition) is 6. The number of carbonyl (C=O) groups is 2. The highest BCUT2D eigenvalue weighted by molar-refractivity contribution is 5.97. The molecule has 0 spiro atoms. The van der Waals surface area contributed by atoms with Gasteiger partial charge in [0.15, 0.2) is 0 Å². The van der Waals surface area contributed by atoms with Gasteiger partial charge in [0, 0.05) is 56.4 Å². The van der Waals surface area contributed by atoms with E-state index in [-0.39, 0.29) is 53.9 Å². The van der Waals surface area contributed by atoms with Crippen molar-refractivity contribution in [3.8, 4) is 0 Å². The third kappa shape index (κ3) is 6.15. The second-order valence-corrected chi connectivity index (χ2v) is 12.6. The summed E-state index contributed by atoms with van der Waals surface area (Å²) in [6, 6.07) is 8.82. The molecule has 0 radical (unpaired) electrons. The van der Waals surface area contributed by atoms with E-state index in [0.29, 0.717) is 32.6 Å². The molecule has 8 nitrogen and oxygen atoms in total. The van der Waals surface area contributed by atoms with E-state index in [4.69, 9.17) is 9.72 Å². The molecule has 0 unspecified atom stereocenters. The molecule has 2 aromatic rings. The quantitative estimate of drug-likeness (QED) is 0.611. The van der Waals surface area contributed by atoms with E-state index in [2.05, 4.69) is 37.1 Å². The Morgan fingerprint density at radius 3 is 2.64 bits per heavy atom. The number of fused-ring (bicyclic) bond motifs is 1. The van der Waals surface area contributed by atoms with Crippen LogP contribution in [-0.2, 0) is 26.2 Å². The number of nitrogens with one attached hydrogen (secondary N) is 1. The highest BCUT2D eigenvalue weighted by atomic mass is 19.1. The second kappa shape index (κ2) is 10.6. The molecule has 4 heterocycles. The van der Waals surface area contributed by atoms with E-state index in [1.54, 1.807) is 12.1 Å². The first-order valence-electron chi connectivity index (χ1n) is 13.8. The number of morpholine rings is 1. The van der Waals surface area contributed by atoms with Gasteiger partial charge in [0.1, 0.15) is 12.4 Å². The van der Waals surface area contributed by atoms with Crippen molar-refractivity contribution in [2.24, 2.45) is 0 Å². The first-order valence-corrected chi connectivity index (χ1v) is 13.8. The minimum Gasteiger partial charge on any atom is -0.364 e. The summed E-state index contributed by atoms with van der Waals surface area (Å²) < 4.78 is 19.0. The van der Waals surface area contributed by atoms with Crippen LogP contribution >= 0.6 is 0 Å². The van der Waals surface area contributed by atoms with Crippen molar-refractivity contribution < 1.29 is 18.7 Å². The van der Waals surface area contributed by atoms with Crippen LogP contribution in [0.4, 0.5) is 10.1 Å². The zero-order chi connectivity index (χ0) is 27.9. The number of rotatable bonds is 6. The number of anilines is 1. The molecule has 0 bridgehead atoms. The topological polar surface area (TPSA) is 78.0 Å². The lowest BCUT2D eigenvalue weighted by atomic mass is 9.91. The summed E-state index contributed by atoms with van der Waals surface area (Å²) in [6.07, 6.45) is 2.48. The minimum atomic E-state index is -0.382. The number of pyridine rings is 1. The highest BCUT2D eigenvalue weighted by Crippen LogP contribution is 2.39. The van der Waals surface area contributed by atoms with Gasteiger partial charge in [0.2, 0.25) is 11.8 Å². The van der Waals surface area contributed by atoms with Gasteiger partial charge in [-0.1, -0.05) is 26.0 Å². The number of nitrogens with zero attached hydrogens (tertiary/aromatic N) is 4. The van der Waals surface area contributed by atoms with Crippen molar-refractivity contribution >= 4 is 17.5 Å².